The van der Waals surface area contributed by atoms with Gasteiger partial charge in [-0.25, -0.2) is 0 Å². The molecule has 0 atom stereocenters. The summed E-state index contributed by atoms with van der Waals surface area (Å²) in [6.45, 7) is 13.1. The van der Waals surface area contributed by atoms with Gasteiger partial charge in [0.1, 0.15) is 12.6 Å². The van der Waals surface area contributed by atoms with Crippen LogP contribution in [0.1, 0.15) is 53.4 Å². The van der Waals surface area contributed by atoms with Crippen LogP contribution in [0, 0.1) is 0 Å². The van der Waals surface area contributed by atoms with Crippen LogP contribution in [-0.4, -0.2) is 55.4 Å². The number of hydrogen-bond donors (Lipinski definition) is 2. The second-order valence-electron chi connectivity index (χ2n) is 4.89. The molecule has 130 valence electrons. The Morgan fingerprint density at radius 1 is 1.05 bits per heavy atom. The van der Waals surface area contributed by atoms with Crippen LogP contribution in [0.5, 0.6) is 0 Å². The maximum atomic E-state index is 10.5. The van der Waals surface area contributed by atoms with E-state index in [9.17, 15) is 9.90 Å². The van der Waals surface area contributed by atoms with Crippen LogP contribution in [0.2, 0.25) is 0 Å². The third-order valence-corrected chi connectivity index (χ3v) is 3.29. The summed E-state index contributed by atoms with van der Waals surface area (Å²) < 4.78 is 0. The van der Waals surface area contributed by atoms with Crippen molar-refractivity contribution in [1.29, 1.82) is 0 Å². The van der Waals surface area contributed by atoms with Gasteiger partial charge in [0.2, 0.25) is 0 Å². The highest BCUT2D eigenvalue weighted by Crippen LogP contribution is 1.97. The number of amides is 1. The lowest BCUT2D eigenvalue weighted by atomic mass is 10.3. The molecule has 21 heavy (non-hydrogen) atoms. The number of hydrogen-bond acceptors (Lipinski definition) is 3. The highest BCUT2D eigenvalue weighted by molar-refractivity contribution is 5.85. The normalized spacial score (nSPS) is 9.62. The molecule has 0 aliphatic rings. The number of carbonyl (C=O) groups is 1. The molecule has 1 amide bonds. The minimum Gasteiger partial charge on any atom is -0.530 e. The number of carboxylic acid groups (broad SMARTS) is 1. The number of nitrogens with zero attached hydrogens (tertiary/aromatic N) is 1. The predicted molar refractivity (Wildman–Crippen MR) is 88.0 cm³/mol. The number of quaternary nitrogens is 1. The molecule has 0 unspecified atom stereocenters. The first-order valence-electron chi connectivity index (χ1n) is 7.97. The Morgan fingerprint density at radius 3 is 1.67 bits per heavy atom. The summed E-state index contributed by atoms with van der Waals surface area (Å²) in [6, 6.07) is 0. The van der Waals surface area contributed by atoms with Gasteiger partial charge in [0.05, 0.1) is 19.7 Å². The number of unbranched alkanes of at least 4 members (excludes halogenated alkanes) is 2. The molecule has 0 heterocycles. The zero-order valence-corrected chi connectivity index (χ0v) is 15.0. The lowest BCUT2D eigenvalue weighted by molar-refractivity contribution is -0.896. The van der Waals surface area contributed by atoms with Crippen LogP contribution >= 0.6 is 12.4 Å². The van der Waals surface area contributed by atoms with E-state index in [0.717, 1.165) is 45.3 Å². The number of nitrogens with one attached hydrogen (secondary N) is 1. The quantitative estimate of drug-likeness (QED) is 0.616. The van der Waals surface area contributed by atoms with Gasteiger partial charge in [-0.3, -0.25) is 0 Å². The maximum absolute atomic E-state index is 10.5. The minimum absolute atomic E-state index is 0. The van der Waals surface area contributed by atoms with Gasteiger partial charge in [0, 0.05) is 13.1 Å². The molecule has 6 heteroatoms. The van der Waals surface area contributed by atoms with E-state index in [2.05, 4.69) is 13.8 Å². The van der Waals surface area contributed by atoms with Crippen LogP contribution in [0.3, 0.4) is 0 Å². The van der Waals surface area contributed by atoms with Gasteiger partial charge in [-0.15, -0.1) is 12.4 Å². The number of aliphatic hydroxyl groups is 1. The predicted octanol–water partition coefficient (Wildman–Crippen LogP) is 0.557. The van der Waals surface area contributed by atoms with Crippen molar-refractivity contribution in [2.24, 2.45) is 0 Å². The van der Waals surface area contributed by atoms with Crippen molar-refractivity contribution in [3.63, 3.8) is 0 Å². The van der Waals surface area contributed by atoms with Gasteiger partial charge in [-0.2, -0.15) is 0 Å². The standard InChI is InChI=1S/C9H19NO2.C6H15NO.ClH/c1-3-5-7-10(9(11)12)8-6-4-2;1-3-7(4-2)5-6-8;/h3-8H2,1-2H3,(H,11,12);8H,3-6H2,1-2H3;1H. The Hall–Kier alpha value is -0.520. The fourth-order valence-electron chi connectivity index (χ4n) is 1.75. The fourth-order valence-corrected chi connectivity index (χ4v) is 1.75. The van der Waals surface area contributed by atoms with Crippen molar-refractivity contribution in [2.75, 3.05) is 39.3 Å². The minimum atomic E-state index is -1.03. The zero-order chi connectivity index (χ0) is 15.8. The van der Waals surface area contributed by atoms with Crippen molar-refractivity contribution in [2.45, 2.75) is 53.4 Å². The van der Waals surface area contributed by atoms with Gasteiger partial charge >= 0.3 is 0 Å². The van der Waals surface area contributed by atoms with Crippen molar-refractivity contribution in [3.8, 4) is 0 Å². The summed E-state index contributed by atoms with van der Waals surface area (Å²) in [5.41, 5.74) is 0. The molecule has 0 aliphatic carbocycles. The molecular formula is C15H35ClN2O3. The molecule has 0 fully saturated rings. The average Bonchev–Trinajstić information content (AvgIpc) is 2.45. The van der Waals surface area contributed by atoms with Crippen molar-refractivity contribution in [3.05, 3.63) is 0 Å². The SMILES string of the molecule is CCCCN(CCCC)C(=O)[O-].CC[NH+](CC)CCO.Cl. The van der Waals surface area contributed by atoms with E-state index in [1.54, 1.807) is 0 Å². The first-order chi connectivity index (χ1) is 9.56. The first-order valence-corrected chi connectivity index (χ1v) is 7.97. The van der Waals surface area contributed by atoms with E-state index < -0.39 is 6.09 Å². The molecule has 0 aliphatic heterocycles. The molecule has 5 nitrogen and oxygen atoms in total. The monoisotopic (exact) mass is 326 g/mol. The van der Waals surface area contributed by atoms with Crippen LogP contribution < -0.4 is 10.0 Å². The smallest absolute Gasteiger partial charge is 0.136 e. The summed E-state index contributed by atoms with van der Waals surface area (Å²) in [6.07, 6.45) is 2.87. The molecule has 0 aromatic heterocycles. The zero-order valence-electron chi connectivity index (χ0n) is 14.2. The summed E-state index contributed by atoms with van der Waals surface area (Å²) in [5, 5.41) is 19.0. The average molecular weight is 327 g/mol. The second kappa shape index (κ2) is 19.5. The van der Waals surface area contributed by atoms with Gasteiger partial charge in [-0.05, 0) is 26.7 Å². The van der Waals surface area contributed by atoms with Crippen molar-refractivity contribution in [1.82, 2.24) is 4.90 Å². The Bertz CT molecular complexity index is 207. The van der Waals surface area contributed by atoms with E-state index in [-0.39, 0.29) is 12.4 Å². The number of likely N-dealkylation sites (N-methyl/N-ethyl adjacent to an activating group) is 1. The lowest BCUT2D eigenvalue weighted by Gasteiger charge is -2.24. The van der Waals surface area contributed by atoms with Crippen LogP contribution in [0.25, 0.3) is 0 Å². The lowest BCUT2D eigenvalue weighted by Crippen LogP contribution is -3.11. The Kier molecular flexibility index (Phi) is 23.6. The molecule has 0 spiro atoms. The Morgan fingerprint density at radius 2 is 1.48 bits per heavy atom. The number of aliphatic hydroxyl groups excluding tert-OH is 1. The first kappa shape index (κ1) is 25.4. The highest BCUT2D eigenvalue weighted by Gasteiger charge is 2.01. The summed E-state index contributed by atoms with van der Waals surface area (Å²) in [7, 11) is 0. The van der Waals surface area contributed by atoms with Gasteiger partial charge < -0.3 is 24.8 Å². The molecule has 0 rings (SSSR count). The summed E-state index contributed by atoms with van der Waals surface area (Å²) in [5.74, 6) is 0. The third kappa shape index (κ3) is 17.4. The van der Waals surface area contributed by atoms with E-state index in [4.69, 9.17) is 5.11 Å². The molecule has 0 aromatic rings. The van der Waals surface area contributed by atoms with Crippen LogP contribution in [0.4, 0.5) is 4.79 Å². The third-order valence-electron chi connectivity index (χ3n) is 3.29. The maximum Gasteiger partial charge on any atom is 0.136 e. The van der Waals surface area contributed by atoms with Crippen molar-refractivity contribution >= 4 is 18.5 Å². The molecule has 0 bridgehead atoms. The summed E-state index contributed by atoms with van der Waals surface area (Å²) >= 11 is 0. The topological polar surface area (TPSA) is 68.0 Å². The number of carbonyl (C=O) groups excluding carboxylic acids is 1. The van der Waals surface area contributed by atoms with E-state index in [1.807, 2.05) is 13.8 Å². The van der Waals surface area contributed by atoms with Gasteiger partial charge in [0.25, 0.3) is 0 Å². The number of halogens is 1. The fraction of sp³-hybridized carbons (Fsp3) is 0.933. The number of rotatable bonds is 10. The van der Waals surface area contributed by atoms with Crippen LogP contribution in [-0.2, 0) is 0 Å². The highest BCUT2D eigenvalue weighted by atomic mass is 35.5. The molecule has 0 saturated carbocycles. The Balaban J connectivity index is -0.000000317. The molecule has 0 saturated heterocycles. The molecule has 0 radical (unpaired) electrons. The molecule has 0 aromatic carbocycles. The Labute approximate surface area is 136 Å². The van der Waals surface area contributed by atoms with Gasteiger partial charge in [0.15, 0.2) is 0 Å². The summed E-state index contributed by atoms with van der Waals surface area (Å²) in [4.78, 5) is 13.4. The van der Waals surface area contributed by atoms with E-state index in [0.29, 0.717) is 19.7 Å². The van der Waals surface area contributed by atoms with Gasteiger partial charge in [-0.1, -0.05) is 26.7 Å². The van der Waals surface area contributed by atoms with E-state index in [1.165, 1.54) is 9.80 Å². The largest absolute Gasteiger partial charge is 0.530 e. The molecule has 2 N–H and O–H groups in total. The molecular weight excluding hydrogens is 292 g/mol. The van der Waals surface area contributed by atoms with E-state index >= 15 is 0 Å². The second-order valence-corrected chi connectivity index (χ2v) is 4.89. The van der Waals surface area contributed by atoms with Crippen LogP contribution in [0.15, 0.2) is 0 Å². The van der Waals surface area contributed by atoms with Crippen molar-refractivity contribution < 1.29 is 19.9 Å².